The quantitative estimate of drug-likeness (QED) is 0.388. The number of fused-ring (bicyclic) bond motifs is 1. The number of benzene rings is 2. The van der Waals surface area contributed by atoms with Crippen molar-refractivity contribution in [3.8, 4) is 11.5 Å². The molecule has 244 valence electrons. The van der Waals surface area contributed by atoms with Gasteiger partial charge in [-0.05, 0) is 69.3 Å². The molecule has 7 rings (SSSR count). The molecule has 2 N–H and O–H groups in total. The van der Waals surface area contributed by atoms with E-state index in [1.165, 1.54) is 6.42 Å². The van der Waals surface area contributed by atoms with Crippen LogP contribution in [0.2, 0.25) is 0 Å². The molecule has 1 saturated carbocycles. The minimum Gasteiger partial charge on any atom is -0.457 e. The largest absolute Gasteiger partial charge is 0.457 e. The zero-order chi connectivity index (χ0) is 31.7. The van der Waals surface area contributed by atoms with Gasteiger partial charge in [0, 0.05) is 44.5 Å². The minimum absolute atomic E-state index is 0.106. The van der Waals surface area contributed by atoms with Gasteiger partial charge in [0.15, 0.2) is 0 Å². The van der Waals surface area contributed by atoms with Crippen LogP contribution in [0, 0.1) is 11.8 Å². The number of nitrogens with zero attached hydrogens (tertiary/aromatic N) is 3. The van der Waals surface area contributed by atoms with Crippen molar-refractivity contribution >= 4 is 23.4 Å². The summed E-state index contributed by atoms with van der Waals surface area (Å²) in [5.74, 6) is -0.718. The van der Waals surface area contributed by atoms with Crippen LogP contribution >= 0.6 is 0 Å². The molecule has 1 aliphatic carbocycles. The summed E-state index contributed by atoms with van der Waals surface area (Å²) in [5.41, 5.74) is -0.545. The molecule has 3 amide bonds. The number of anilines is 1. The van der Waals surface area contributed by atoms with Gasteiger partial charge >= 0.3 is 0 Å². The van der Waals surface area contributed by atoms with Crippen LogP contribution in [0.3, 0.4) is 0 Å². The van der Waals surface area contributed by atoms with E-state index < -0.39 is 29.6 Å². The maximum atomic E-state index is 14.3. The highest BCUT2D eigenvalue weighted by Crippen LogP contribution is 2.55. The maximum Gasteiger partial charge on any atom is 0.246 e. The molecule has 3 saturated heterocycles. The second-order valence-corrected chi connectivity index (χ2v) is 13.5. The fourth-order valence-electron chi connectivity index (χ4n) is 8.03. The van der Waals surface area contributed by atoms with E-state index in [0.29, 0.717) is 18.0 Å². The molecular weight excluding hydrogens is 582 g/mol. The lowest BCUT2D eigenvalue weighted by Crippen LogP contribution is -2.56. The number of nitrogens with one attached hydrogen (secondary N) is 2. The Kier molecular flexibility index (Phi) is 8.85. The molecule has 0 unspecified atom stereocenters. The zero-order valence-corrected chi connectivity index (χ0v) is 26.6. The van der Waals surface area contributed by atoms with Gasteiger partial charge in [-0.3, -0.25) is 14.4 Å². The molecule has 2 aromatic carbocycles. The SMILES string of the molecule is CN1CCN(CCCN2C(=O)[C@@H]3[C@@H](C(=O)Nc4ccc(Oc5ccccc5)cc4)[C@@H]4C=C[C@@]3(O4)[C@@H]2C(=O)NC2CCCCC2)CC1. The normalized spacial score (nSPS) is 29.6. The summed E-state index contributed by atoms with van der Waals surface area (Å²) >= 11 is 0. The average molecular weight is 628 g/mol. The van der Waals surface area contributed by atoms with Crippen LogP contribution in [0.15, 0.2) is 66.7 Å². The van der Waals surface area contributed by atoms with Gasteiger partial charge in [0.05, 0.1) is 17.9 Å². The van der Waals surface area contributed by atoms with E-state index in [-0.39, 0.29) is 23.8 Å². The Morgan fingerprint density at radius 2 is 1.63 bits per heavy atom. The Balaban J connectivity index is 1.07. The summed E-state index contributed by atoms with van der Waals surface area (Å²) in [6.45, 7) is 5.36. The summed E-state index contributed by atoms with van der Waals surface area (Å²) in [6, 6.07) is 16.0. The number of hydrogen-bond donors (Lipinski definition) is 2. The molecule has 46 heavy (non-hydrogen) atoms. The molecule has 2 bridgehead atoms. The second kappa shape index (κ2) is 13.2. The molecule has 10 nitrogen and oxygen atoms in total. The molecule has 4 aliphatic heterocycles. The highest BCUT2D eigenvalue weighted by molar-refractivity contribution is 6.02. The topological polar surface area (TPSA) is 103 Å². The van der Waals surface area contributed by atoms with E-state index >= 15 is 0 Å². The van der Waals surface area contributed by atoms with Crippen molar-refractivity contribution in [3.63, 3.8) is 0 Å². The van der Waals surface area contributed by atoms with Gasteiger partial charge in [0.25, 0.3) is 0 Å². The third kappa shape index (κ3) is 6.06. The van der Waals surface area contributed by atoms with Crippen molar-refractivity contribution in [2.24, 2.45) is 11.8 Å². The van der Waals surface area contributed by atoms with Crippen LogP contribution in [-0.4, -0.2) is 103 Å². The van der Waals surface area contributed by atoms with Gasteiger partial charge in [-0.25, -0.2) is 0 Å². The second-order valence-electron chi connectivity index (χ2n) is 13.5. The Labute approximate surface area is 271 Å². The molecule has 5 aliphatic rings. The lowest BCUT2D eigenvalue weighted by molar-refractivity contribution is -0.141. The molecule has 4 heterocycles. The molecular formula is C36H45N5O5. The Morgan fingerprint density at radius 3 is 2.37 bits per heavy atom. The first kappa shape index (κ1) is 30.9. The van der Waals surface area contributed by atoms with Crippen molar-refractivity contribution in [2.75, 3.05) is 51.6 Å². The smallest absolute Gasteiger partial charge is 0.246 e. The summed E-state index contributed by atoms with van der Waals surface area (Å²) in [4.78, 5) is 48.7. The first-order valence-corrected chi connectivity index (χ1v) is 16.9. The van der Waals surface area contributed by atoms with Gasteiger partial charge in [-0.15, -0.1) is 0 Å². The number of rotatable bonds is 10. The third-order valence-electron chi connectivity index (χ3n) is 10.4. The van der Waals surface area contributed by atoms with Crippen LogP contribution in [0.5, 0.6) is 11.5 Å². The predicted molar refractivity (Wildman–Crippen MR) is 174 cm³/mol. The summed E-state index contributed by atoms with van der Waals surface area (Å²) in [6.07, 6.45) is 9.24. The summed E-state index contributed by atoms with van der Waals surface area (Å²) < 4.78 is 12.4. The average Bonchev–Trinajstić information content (AvgIpc) is 3.71. The molecule has 4 fully saturated rings. The molecule has 0 radical (unpaired) electrons. The van der Waals surface area contributed by atoms with Crippen molar-refractivity contribution in [1.29, 1.82) is 0 Å². The Morgan fingerprint density at radius 1 is 0.913 bits per heavy atom. The van der Waals surface area contributed by atoms with Crippen LogP contribution in [0.25, 0.3) is 0 Å². The van der Waals surface area contributed by atoms with Crippen LogP contribution in [0.1, 0.15) is 38.5 Å². The Bertz CT molecular complexity index is 1440. The van der Waals surface area contributed by atoms with E-state index in [1.807, 2.05) is 42.5 Å². The van der Waals surface area contributed by atoms with Crippen molar-refractivity contribution in [1.82, 2.24) is 20.0 Å². The highest BCUT2D eigenvalue weighted by Gasteiger charge is 2.72. The van der Waals surface area contributed by atoms with Crippen molar-refractivity contribution < 1.29 is 23.9 Å². The van der Waals surface area contributed by atoms with Crippen LogP contribution in [-0.2, 0) is 19.1 Å². The van der Waals surface area contributed by atoms with E-state index in [4.69, 9.17) is 9.47 Å². The van der Waals surface area contributed by atoms with E-state index in [2.05, 4.69) is 27.5 Å². The number of likely N-dealkylation sites (N-methyl/N-ethyl adjacent to an activating group) is 1. The lowest BCUT2D eigenvalue weighted by Gasteiger charge is -2.35. The third-order valence-corrected chi connectivity index (χ3v) is 10.4. The molecule has 0 aromatic heterocycles. The monoisotopic (exact) mass is 627 g/mol. The minimum atomic E-state index is -1.15. The van der Waals surface area contributed by atoms with E-state index in [0.717, 1.165) is 70.6 Å². The highest BCUT2D eigenvalue weighted by atomic mass is 16.5. The standard InChI is InChI=1S/C36H45N5O5/c1-39-21-23-40(24-22-39)19-8-20-41-32(34(43)38-25-9-4-2-5-10-25)36-18-17-29(46-36)30(31(36)35(41)44)33(42)37-26-13-15-28(16-14-26)45-27-11-6-3-7-12-27/h3,6-7,11-18,25,29-32H,2,4-5,8-10,19-24H2,1H3,(H,37,42)(H,38,43)/t29-,30-,31-,32-,36-/m0/s1. The lowest BCUT2D eigenvalue weighted by atomic mass is 9.74. The molecule has 1 spiro atoms. The molecule has 5 atom stereocenters. The van der Waals surface area contributed by atoms with Crippen LogP contribution in [0.4, 0.5) is 5.69 Å². The summed E-state index contributed by atoms with van der Waals surface area (Å²) in [5, 5.41) is 6.29. The van der Waals surface area contributed by atoms with Gasteiger partial charge < -0.3 is 34.8 Å². The van der Waals surface area contributed by atoms with Crippen molar-refractivity contribution in [2.45, 2.75) is 62.3 Å². The number of para-hydroxylation sites is 1. The predicted octanol–water partition coefficient (Wildman–Crippen LogP) is 3.65. The van der Waals surface area contributed by atoms with Crippen molar-refractivity contribution in [3.05, 3.63) is 66.7 Å². The molecule has 10 heteroatoms. The van der Waals surface area contributed by atoms with Gasteiger partial charge in [0.2, 0.25) is 17.7 Å². The van der Waals surface area contributed by atoms with E-state index in [9.17, 15) is 14.4 Å². The van der Waals surface area contributed by atoms with Gasteiger partial charge in [-0.2, -0.15) is 0 Å². The number of piperazine rings is 1. The fraction of sp³-hybridized carbons (Fsp3) is 0.528. The van der Waals surface area contributed by atoms with E-state index in [1.54, 1.807) is 29.2 Å². The number of ether oxygens (including phenoxy) is 2. The van der Waals surface area contributed by atoms with Gasteiger partial charge in [0.1, 0.15) is 23.1 Å². The number of carbonyl (C=O) groups excluding carboxylic acids is 3. The summed E-state index contributed by atoms with van der Waals surface area (Å²) in [7, 11) is 2.14. The first-order chi connectivity index (χ1) is 22.4. The Hall–Kier alpha value is -3.73. The number of hydrogen-bond acceptors (Lipinski definition) is 7. The maximum absolute atomic E-state index is 14.3. The first-order valence-electron chi connectivity index (χ1n) is 16.9. The number of carbonyl (C=O) groups is 3. The number of likely N-dealkylation sites (tertiary alicyclic amines) is 1. The number of amides is 3. The fourth-order valence-corrected chi connectivity index (χ4v) is 8.03. The zero-order valence-electron chi connectivity index (χ0n) is 26.6. The van der Waals surface area contributed by atoms with Gasteiger partial charge in [-0.1, -0.05) is 49.6 Å². The van der Waals surface area contributed by atoms with Crippen LogP contribution < -0.4 is 15.4 Å². The molecule has 2 aromatic rings.